The number of halogens is 2. The summed E-state index contributed by atoms with van der Waals surface area (Å²) in [4.78, 5) is 48.5. The molecule has 202 valence electrons. The van der Waals surface area contributed by atoms with Crippen LogP contribution in [0.3, 0.4) is 0 Å². The zero-order valence-corrected chi connectivity index (χ0v) is 23.3. The third-order valence-corrected chi connectivity index (χ3v) is 9.13. The van der Waals surface area contributed by atoms with Crippen molar-refractivity contribution in [3.05, 3.63) is 85.2 Å². The van der Waals surface area contributed by atoms with E-state index in [1.165, 1.54) is 19.3 Å². The van der Waals surface area contributed by atoms with Crippen molar-refractivity contribution in [1.29, 1.82) is 0 Å². The highest BCUT2D eigenvalue weighted by Gasteiger charge is 2.49. The Hall–Kier alpha value is -3.36. The second kappa shape index (κ2) is 9.68. The second-order valence-corrected chi connectivity index (χ2v) is 11.7. The highest BCUT2D eigenvalue weighted by molar-refractivity contribution is 6.42. The van der Waals surface area contributed by atoms with Crippen LogP contribution in [0.25, 0.3) is 5.69 Å². The minimum absolute atomic E-state index is 0.134. The molecule has 3 aromatic rings. The summed E-state index contributed by atoms with van der Waals surface area (Å²) in [7, 11) is 1.59. The molecule has 10 heteroatoms. The van der Waals surface area contributed by atoms with Crippen LogP contribution in [0.2, 0.25) is 10.0 Å². The molecule has 2 aromatic carbocycles. The number of carbonyl (C=O) groups is 2. The molecule has 0 bridgehead atoms. The number of benzene rings is 2. The lowest BCUT2D eigenvalue weighted by molar-refractivity contribution is 0.0652. The average Bonchev–Trinajstić information content (AvgIpc) is 2.88. The first kappa shape index (κ1) is 25.9. The lowest BCUT2D eigenvalue weighted by Crippen LogP contribution is -2.61. The van der Waals surface area contributed by atoms with Gasteiger partial charge in [-0.05, 0) is 68.7 Å². The predicted molar refractivity (Wildman–Crippen MR) is 151 cm³/mol. The molecule has 1 aliphatic carbocycles. The number of amides is 2. The molecule has 1 aromatic heterocycles. The number of fused-ring (bicyclic) bond motifs is 1. The molecule has 6 rings (SSSR count). The van der Waals surface area contributed by atoms with Gasteiger partial charge in [-0.1, -0.05) is 29.6 Å². The van der Waals surface area contributed by atoms with Crippen molar-refractivity contribution in [3.8, 4) is 5.69 Å². The third kappa shape index (κ3) is 4.39. The van der Waals surface area contributed by atoms with Gasteiger partial charge in [0.25, 0.3) is 17.4 Å². The van der Waals surface area contributed by atoms with E-state index < -0.39 is 0 Å². The first-order chi connectivity index (χ1) is 18.7. The number of nitrogens with zero attached hydrogens (tertiary/aromatic N) is 4. The van der Waals surface area contributed by atoms with E-state index in [9.17, 15) is 14.4 Å². The summed E-state index contributed by atoms with van der Waals surface area (Å²) in [5, 5.41) is 3.33. The lowest BCUT2D eigenvalue weighted by Gasteiger charge is -2.56. The Morgan fingerprint density at radius 1 is 1.03 bits per heavy atom. The molecule has 1 N–H and O–H groups in total. The van der Waals surface area contributed by atoms with Gasteiger partial charge in [-0.3, -0.25) is 14.4 Å². The van der Waals surface area contributed by atoms with E-state index >= 15 is 0 Å². The summed E-state index contributed by atoms with van der Waals surface area (Å²) in [6.07, 6.45) is 4.02. The zero-order valence-electron chi connectivity index (χ0n) is 21.8. The Morgan fingerprint density at radius 2 is 1.72 bits per heavy atom. The first-order valence-corrected chi connectivity index (χ1v) is 13.9. The summed E-state index contributed by atoms with van der Waals surface area (Å²) in [5.74, 6) is 0.217. The first-order valence-electron chi connectivity index (χ1n) is 13.2. The fraction of sp³-hybridized carbons (Fsp3) is 0.379. The normalized spacial score (nSPS) is 19.2. The monoisotopic (exact) mass is 565 g/mol. The van der Waals surface area contributed by atoms with Crippen LogP contribution < -0.4 is 15.8 Å². The largest absolute Gasteiger partial charge is 0.355 e. The third-order valence-electron chi connectivity index (χ3n) is 8.39. The van der Waals surface area contributed by atoms with E-state index in [0.717, 1.165) is 13.1 Å². The van der Waals surface area contributed by atoms with Crippen molar-refractivity contribution < 1.29 is 9.59 Å². The lowest BCUT2D eigenvalue weighted by atomic mass is 9.64. The average molecular weight is 566 g/mol. The maximum Gasteiger partial charge on any atom is 0.263 e. The van der Waals surface area contributed by atoms with Crippen molar-refractivity contribution in [2.24, 2.45) is 5.41 Å². The van der Waals surface area contributed by atoms with Crippen LogP contribution in [0.15, 0.2) is 47.3 Å². The molecule has 8 nitrogen and oxygen atoms in total. The fourth-order valence-electron chi connectivity index (χ4n) is 5.96. The molecule has 1 atom stereocenters. The van der Waals surface area contributed by atoms with E-state index in [-0.39, 0.29) is 30.0 Å². The van der Waals surface area contributed by atoms with Crippen molar-refractivity contribution in [1.82, 2.24) is 19.8 Å². The van der Waals surface area contributed by atoms with Gasteiger partial charge in [0.1, 0.15) is 0 Å². The number of hydrogen-bond donors (Lipinski definition) is 1. The van der Waals surface area contributed by atoms with Crippen LogP contribution in [-0.2, 0) is 13.0 Å². The second-order valence-electron chi connectivity index (χ2n) is 10.9. The van der Waals surface area contributed by atoms with E-state index in [2.05, 4.69) is 10.2 Å². The van der Waals surface area contributed by atoms with Gasteiger partial charge in [-0.2, -0.15) is 0 Å². The number of anilines is 1. The summed E-state index contributed by atoms with van der Waals surface area (Å²) in [6, 6.07) is 11.6. The minimum Gasteiger partial charge on any atom is -0.355 e. The number of carbonyl (C=O) groups excluding carboxylic acids is 2. The van der Waals surface area contributed by atoms with Crippen LogP contribution in [0, 0.1) is 5.41 Å². The summed E-state index contributed by atoms with van der Waals surface area (Å²) in [5.41, 5.74) is 3.04. The minimum atomic E-state index is -0.217. The van der Waals surface area contributed by atoms with Crippen molar-refractivity contribution in [3.63, 3.8) is 0 Å². The Kier molecular flexibility index (Phi) is 6.43. The van der Waals surface area contributed by atoms with Crippen LogP contribution in [0.1, 0.15) is 58.2 Å². The molecule has 2 aliphatic heterocycles. The smallest absolute Gasteiger partial charge is 0.263 e. The van der Waals surface area contributed by atoms with Crippen LogP contribution in [0.4, 0.5) is 5.95 Å². The van der Waals surface area contributed by atoms with Gasteiger partial charge in [0, 0.05) is 48.3 Å². The molecule has 2 amide bonds. The van der Waals surface area contributed by atoms with Gasteiger partial charge in [0.05, 0.1) is 28.0 Å². The van der Waals surface area contributed by atoms with Crippen LogP contribution >= 0.6 is 23.2 Å². The van der Waals surface area contributed by atoms with Gasteiger partial charge in [-0.25, -0.2) is 9.55 Å². The van der Waals surface area contributed by atoms with Crippen LogP contribution in [-0.4, -0.2) is 52.4 Å². The molecular weight excluding hydrogens is 537 g/mol. The van der Waals surface area contributed by atoms with E-state index in [4.69, 9.17) is 28.2 Å². The molecule has 0 radical (unpaired) electrons. The molecule has 1 saturated heterocycles. The molecule has 39 heavy (non-hydrogen) atoms. The maximum atomic E-state index is 14.1. The summed E-state index contributed by atoms with van der Waals surface area (Å²) in [6.45, 7) is 3.88. The van der Waals surface area contributed by atoms with Crippen molar-refractivity contribution >= 4 is 41.0 Å². The molecule has 2 fully saturated rings. The van der Waals surface area contributed by atoms with Gasteiger partial charge < -0.3 is 15.1 Å². The molecular formula is C29H29Cl2N5O3. The van der Waals surface area contributed by atoms with Crippen molar-refractivity contribution in [2.45, 2.75) is 45.2 Å². The molecule has 3 heterocycles. The SMILES string of the molecule is CNC(=O)c1ccc(-n2c(N3CC4(CCC4)C3)nc3c(c2=O)C[C@@H](C)N(C(=O)c2ccc(Cl)c(Cl)c2)C3)cc1. The number of rotatable bonds is 4. The number of aromatic nitrogens is 2. The van der Waals surface area contributed by atoms with Crippen LogP contribution in [0.5, 0.6) is 0 Å². The Morgan fingerprint density at radius 3 is 2.33 bits per heavy atom. The topological polar surface area (TPSA) is 87.5 Å². The molecule has 0 unspecified atom stereocenters. The molecule has 3 aliphatic rings. The summed E-state index contributed by atoms with van der Waals surface area (Å²) < 4.78 is 1.67. The Bertz CT molecular complexity index is 1540. The Balaban J connectivity index is 1.39. The predicted octanol–water partition coefficient (Wildman–Crippen LogP) is 4.48. The van der Waals surface area contributed by atoms with E-state index in [1.807, 2.05) is 6.92 Å². The van der Waals surface area contributed by atoms with Gasteiger partial charge >= 0.3 is 0 Å². The quantitative estimate of drug-likeness (QED) is 0.504. The fourth-order valence-corrected chi connectivity index (χ4v) is 6.26. The highest BCUT2D eigenvalue weighted by atomic mass is 35.5. The zero-order chi connectivity index (χ0) is 27.5. The highest BCUT2D eigenvalue weighted by Crippen LogP contribution is 2.49. The molecule has 1 spiro atoms. The maximum absolute atomic E-state index is 14.1. The van der Waals surface area contributed by atoms with Crippen molar-refractivity contribution in [2.75, 3.05) is 25.0 Å². The summed E-state index contributed by atoms with van der Waals surface area (Å²) >= 11 is 12.2. The van der Waals surface area contributed by atoms with Gasteiger partial charge in [0.15, 0.2) is 0 Å². The standard InChI is InChI=1S/C29H29Cl2N5O3/c1-17-12-21-24(14-35(17)26(38)19-6-9-22(30)23(31)13-19)33-28(34-15-29(16-34)10-3-11-29)36(27(21)39)20-7-4-18(5-8-20)25(37)32-2/h4-9,13,17H,3,10-12,14-16H2,1-2H3,(H,32,37)/t17-/m1/s1. The van der Waals surface area contributed by atoms with Gasteiger partial charge in [0.2, 0.25) is 5.95 Å². The van der Waals surface area contributed by atoms with Gasteiger partial charge in [-0.15, -0.1) is 0 Å². The van der Waals surface area contributed by atoms with E-state index in [1.54, 1.807) is 59.0 Å². The number of nitrogens with one attached hydrogen (secondary N) is 1. The van der Waals surface area contributed by atoms with E-state index in [0.29, 0.717) is 55.9 Å². The number of hydrogen-bond acceptors (Lipinski definition) is 5. The molecule has 1 saturated carbocycles. The Labute approximate surface area is 236 Å².